The van der Waals surface area contributed by atoms with Crippen molar-refractivity contribution < 1.29 is 28.2 Å². The SMILES string of the molecule is COc1cc(/C=C2\C(=O)NC(=O)N(c3cc(Cl)ccc3C)C2=O)cc(Cl)c1OCc1ccccc1F. The molecule has 7 nitrogen and oxygen atoms in total. The average molecular weight is 529 g/mol. The number of barbiturate groups is 1. The number of methoxy groups -OCH3 is 1. The largest absolute Gasteiger partial charge is 0.493 e. The normalized spacial score (nSPS) is 14.8. The molecule has 0 radical (unpaired) electrons. The summed E-state index contributed by atoms with van der Waals surface area (Å²) >= 11 is 12.5. The van der Waals surface area contributed by atoms with Crippen LogP contribution >= 0.6 is 23.2 Å². The number of anilines is 1. The predicted octanol–water partition coefficient (Wildman–Crippen LogP) is 5.69. The molecule has 4 amide bonds. The minimum absolute atomic E-state index is 0.0971. The molecule has 1 heterocycles. The Morgan fingerprint density at radius 1 is 1.06 bits per heavy atom. The van der Waals surface area contributed by atoms with Gasteiger partial charge < -0.3 is 9.47 Å². The fourth-order valence-electron chi connectivity index (χ4n) is 3.59. The Morgan fingerprint density at radius 3 is 2.53 bits per heavy atom. The van der Waals surface area contributed by atoms with Gasteiger partial charge in [-0.2, -0.15) is 0 Å². The fraction of sp³-hybridized carbons (Fsp3) is 0.115. The lowest BCUT2D eigenvalue weighted by Gasteiger charge is -2.27. The molecular formula is C26H19Cl2FN2O5. The highest BCUT2D eigenvalue weighted by molar-refractivity contribution is 6.40. The van der Waals surface area contributed by atoms with Crippen molar-refractivity contribution in [3.8, 4) is 11.5 Å². The second-order valence-corrected chi connectivity index (χ2v) is 8.65. The average Bonchev–Trinajstić information content (AvgIpc) is 2.83. The van der Waals surface area contributed by atoms with Gasteiger partial charge in [0.25, 0.3) is 11.8 Å². The van der Waals surface area contributed by atoms with Crippen LogP contribution < -0.4 is 19.7 Å². The van der Waals surface area contributed by atoms with Crippen molar-refractivity contribution >= 4 is 52.8 Å². The topological polar surface area (TPSA) is 84.9 Å². The molecule has 0 spiro atoms. The summed E-state index contributed by atoms with van der Waals surface area (Å²) in [5.41, 5.74) is 1.22. The minimum atomic E-state index is -0.889. The number of nitrogens with one attached hydrogen (secondary N) is 1. The quantitative estimate of drug-likeness (QED) is 0.328. The maximum Gasteiger partial charge on any atom is 0.335 e. The van der Waals surface area contributed by atoms with E-state index in [1.165, 1.54) is 37.5 Å². The first-order chi connectivity index (χ1) is 17.2. The van der Waals surface area contributed by atoms with Crippen LogP contribution in [0.25, 0.3) is 6.08 Å². The molecule has 3 aromatic carbocycles. The van der Waals surface area contributed by atoms with E-state index in [4.69, 9.17) is 32.7 Å². The van der Waals surface area contributed by atoms with Crippen molar-refractivity contribution in [3.63, 3.8) is 0 Å². The predicted molar refractivity (Wildman–Crippen MR) is 134 cm³/mol. The molecule has 0 atom stereocenters. The van der Waals surface area contributed by atoms with Crippen LogP contribution in [0, 0.1) is 12.7 Å². The number of aryl methyl sites for hydroxylation is 1. The van der Waals surface area contributed by atoms with E-state index in [1.807, 2.05) is 0 Å². The van der Waals surface area contributed by atoms with Crippen molar-refractivity contribution in [2.24, 2.45) is 0 Å². The van der Waals surface area contributed by atoms with E-state index in [1.54, 1.807) is 37.3 Å². The lowest BCUT2D eigenvalue weighted by Crippen LogP contribution is -2.54. The zero-order valence-electron chi connectivity index (χ0n) is 19.1. The number of hydrogen-bond acceptors (Lipinski definition) is 5. The number of benzene rings is 3. The standard InChI is InChI=1S/C26H19Cl2FN2O5/c1-14-7-8-17(27)12-21(14)31-25(33)18(24(32)30-26(31)34)9-15-10-19(28)23(22(11-15)35-2)36-13-16-5-3-4-6-20(16)29/h3-12H,13H2,1-2H3,(H,30,32,34)/b18-9+. The number of ether oxygens (including phenoxy) is 2. The van der Waals surface area contributed by atoms with Gasteiger partial charge in [0.15, 0.2) is 11.5 Å². The third kappa shape index (κ3) is 5.05. The van der Waals surface area contributed by atoms with E-state index in [0.717, 1.165) is 4.90 Å². The van der Waals surface area contributed by atoms with Crippen LogP contribution in [0.2, 0.25) is 10.0 Å². The maximum absolute atomic E-state index is 13.9. The van der Waals surface area contributed by atoms with Gasteiger partial charge in [-0.25, -0.2) is 14.1 Å². The van der Waals surface area contributed by atoms with Gasteiger partial charge in [-0.3, -0.25) is 14.9 Å². The molecule has 0 unspecified atom stereocenters. The zero-order chi connectivity index (χ0) is 26.0. The van der Waals surface area contributed by atoms with Gasteiger partial charge in [0.05, 0.1) is 17.8 Å². The van der Waals surface area contributed by atoms with Crippen molar-refractivity contribution in [1.82, 2.24) is 5.32 Å². The molecular weight excluding hydrogens is 510 g/mol. The number of halogens is 3. The summed E-state index contributed by atoms with van der Waals surface area (Å²) in [6.07, 6.45) is 1.28. The number of carbonyl (C=O) groups is 3. The summed E-state index contributed by atoms with van der Waals surface area (Å²) in [5.74, 6) is -1.76. The molecule has 3 aromatic rings. The Labute approximate surface area is 216 Å². The molecule has 1 aliphatic rings. The number of hydrogen-bond donors (Lipinski definition) is 1. The van der Waals surface area contributed by atoms with E-state index in [-0.39, 0.29) is 34.4 Å². The summed E-state index contributed by atoms with van der Waals surface area (Å²) in [7, 11) is 1.39. The highest BCUT2D eigenvalue weighted by atomic mass is 35.5. The smallest absolute Gasteiger partial charge is 0.335 e. The van der Waals surface area contributed by atoms with E-state index < -0.39 is 23.7 Å². The molecule has 1 aliphatic heterocycles. The van der Waals surface area contributed by atoms with Crippen LogP contribution in [-0.2, 0) is 16.2 Å². The molecule has 36 heavy (non-hydrogen) atoms. The second-order valence-electron chi connectivity index (χ2n) is 7.80. The monoisotopic (exact) mass is 528 g/mol. The fourth-order valence-corrected chi connectivity index (χ4v) is 4.03. The number of urea groups is 1. The minimum Gasteiger partial charge on any atom is -0.493 e. The van der Waals surface area contributed by atoms with Gasteiger partial charge in [0.1, 0.15) is 18.0 Å². The van der Waals surface area contributed by atoms with Crippen LogP contribution in [0.15, 0.2) is 60.2 Å². The van der Waals surface area contributed by atoms with Gasteiger partial charge in [0, 0.05) is 10.6 Å². The first kappa shape index (κ1) is 25.2. The van der Waals surface area contributed by atoms with Crippen molar-refractivity contribution in [2.75, 3.05) is 12.0 Å². The molecule has 1 fully saturated rings. The van der Waals surface area contributed by atoms with E-state index in [0.29, 0.717) is 21.7 Å². The lowest BCUT2D eigenvalue weighted by molar-refractivity contribution is -0.122. The van der Waals surface area contributed by atoms with E-state index in [9.17, 15) is 18.8 Å². The maximum atomic E-state index is 13.9. The molecule has 1 N–H and O–H groups in total. The third-order valence-corrected chi connectivity index (χ3v) is 5.92. The summed E-state index contributed by atoms with van der Waals surface area (Å²) in [6, 6.07) is 13.0. The Morgan fingerprint density at radius 2 is 1.81 bits per heavy atom. The number of imide groups is 2. The number of carbonyl (C=O) groups excluding carboxylic acids is 3. The Balaban J connectivity index is 1.67. The lowest BCUT2D eigenvalue weighted by atomic mass is 10.1. The zero-order valence-corrected chi connectivity index (χ0v) is 20.6. The summed E-state index contributed by atoms with van der Waals surface area (Å²) in [5, 5.41) is 2.60. The molecule has 1 saturated heterocycles. The van der Waals surface area contributed by atoms with Gasteiger partial charge >= 0.3 is 6.03 Å². The molecule has 10 heteroatoms. The molecule has 0 aromatic heterocycles. The summed E-state index contributed by atoms with van der Waals surface area (Å²) in [6.45, 7) is 1.61. The Hall–Kier alpha value is -3.88. The highest BCUT2D eigenvalue weighted by Crippen LogP contribution is 2.38. The molecule has 4 rings (SSSR count). The second kappa shape index (κ2) is 10.4. The van der Waals surface area contributed by atoms with Crippen LogP contribution in [-0.4, -0.2) is 25.0 Å². The molecule has 184 valence electrons. The van der Waals surface area contributed by atoms with E-state index >= 15 is 0 Å². The molecule has 0 bridgehead atoms. The van der Waals surface area contributed by atoms with Crippen LogP contribution in [0.1, 0.15) is 16.7 Å². The Bertz CT molecular complexity index is 1420. The van der Waals surface area contributed by atoms with Crippen molar-refractivity contribution in [1.29, 1.82) is 0 Å². The van der Waals surface area contributed by atoms with Crippen LogP contribution in [0.4, 0.5) is 14.9 Å². The van der Waals surface area contributed by atoms with Gasteiger partial charge in [-0.1, -0.05) is 47.5 Å². The van der Waals surface area contributed by atoms with Crippen LogP contribution in [0.3, 0.4) is 0 Å². The van der Waals surface area contributed by atoms with Crippen molar-refractivity contribution in [3.05, 3.63) is 92.7 Å². The molecule has 0 saturated carbocycles. The first-order valence-electron chi connectivity index (χ1n) is 10.6. The summed E-state index contributed by atoms with van der Waals surface area (Å²) < 4.78 is 25.0. The number of nitrogens with zero attached hydrogens (tertiary/aromatic N) is 1. The third-order valence-electron chi connectivity index (χ3n) is 5.41. The van der Waals surface area contributed by atoms with Gasteiger partial charge in [-0.15, -0.1) is 0 Å². The van der Waals surface area contributed by atoms with Gasteiger partial charge in [-0.05, 0) is 54.5 Å². The van der Waals surface area contributed by atoms with Gasteiger partial charge in [0.2, 0.25) is 0 Å². The first-order valence-corrected chi connectivity index (χ1v) is 11.4. The summed E-state index contributed by atoms with van der Waals surface area (Å²) in [4.78, 5) is 39.1. The number of rotatable bonds is 6. The van der Waals surface area contributed by atoms with Crippen molar-refractivity contribution in [2.45, 2.75) is 13.5 Å². The Kier molecular flexibility index (Phi) is 7.28. The van der Waals surface area contributed by atoms with Crippen LogP contribution in [0.5, 0.6) is 11.5 Å². The highest BCUT2D eigenvalue weighted by Gasteiger charge is 2.37. The molecule has 0 aliphatic carbocycles. The number of amides is 4. The van der Waals surface area contributed by atoms with E-state index in [2.05, 4.69) is 5.32 Å².